The maximum absolute atomic E-state index is 5.31. The van der Waals surface area contributed by atoms with Crippen molar-refractivity contribution in [3.8, 4) is 33.4 Å². The topological polar surface area (TPSA) is 74.2 Å². The molecule has 6 atom stereocenters. The third-order valence-corrected chi connectivity index (χ3v) is 13.4. The van der Waals surface area contributed by atoms with Gasteiger partial charge in [0.25, 0.3) is 0 Å². The van der Waals surface area contributed by atoms with Crippen LogP contribution in [0.4, 0.5) is 0 Å². The van der Waals surface area contributed by atoms with Crippen molar-refractivity contribution < 1.29 is 0 Å². The van der Waals surface area contributed by atoms with Gasteiger partial charge in [0.05, 0.1) is 36.3 Å². The molecule has 0 unspecified atom stereocenters. The van der Waals surface area contributed by atoms with E-state index in [4.69, 9.17) is 30.0 Å². The lowest BCUT2D eigenvalue weighted by Crippen LogP contribution is -2.27. The Morgan fingerprint density at radius 3 is 0.617 bits per heavy atom. The molecule has 6 heteroatoms. The van der Waals surface area contributed by atoms with E-state index in [0.717, 1.165) is 71.9 Å². The zero-order chi connectivity index (χ0) is 40.1. The minimum absolute atomic E-state index is 0.137. The second-order valence-corrected chi connectivity index (χ2v) is 17.3. The first-order chi connectivity index (χ1) is 29.7. The van der Waals surface area contributed by atoms with Crippen LogP contribution in [0, 0.1) is 0 Å². The summed E-state index contributed by atoms with van der Waals surface area (Å²) in [6.45, 7) is 0. The summed E-state index contributed by atoms with van der Waals surface area (Å²) in [5, 5.41) is 0. The highest BCUT2D eigenvalue weighted by molar-refractivity contribution is 6.04. The third kappa shape index (κ3) is 8.17. The molecule has 60 heavy (non-hydrogen) atoms. The fourth-order valence-corrected chi connectivity index (χ4v) is 10.1. The van der Waals surface area contributed by atoms with Gasteiger partial charge in [-0.05, 0) is 90.1 Å². The van der Waals surface area contributed by atoms with Gasteiger partial charge in [0, 0.05) is 70.7 Å². The van der Waals surface area contributed by atoms with Crippen molar-refractivity contribution in [2.75, 3.05) is 0 Å². The van der Waals surface area contributed by atoms with Gasteiger partial charge in [-0.3, -0.25) is 30.0 Å². The second-order valence-electron chi connectivity index (χ2n) is 17.3. The fourth-order valence-electron chi connectivity index (χ4n) is 10.1. The minimum Gasteiger partial charge on any atom is -0.287 e. The van der Waals surface area contributed by atoms with Crippen LogP contribution in [0.3, 0.4) is 0 Å². The van der Waals surface area contributed by atoms with Crippen molar-refractivity contribution in [3.63, 3.8) is 0 Å². The Hall–Kier alpha value is -5.88. The summed E-state index contributed by atoms with van der Waals surface area (Å²) in [4.78, 5) is 31.9. The standard InChI is InChI=1S/C54H54N6/c1-4-16-43-37-28-38(44(43)17-5-1)32-56-50-23-11-13-25-52(50)58-34-40-30-42(48-21-9-3-7-19-46(40)48)36-60-54-27-15-14-26-53(54)59-35-41-29-39(45-18-6-2-8-20-47(41)45)33-57-51-24-12-10-22-49(51)55-31-37/h1-9,16-21,28-36,49-54H,10-15,22-27H2/t49-,50-,51-,52-,53-,54-/m1/s1. The molecule has 0 aromatic carbocycles. The number of hydrogen-bond acceptors (Lipinski definition) is 6. The molecule has 10 aliphatic rings. The van der Waals surface area contributed by atoms with Crippen molar-refractivity contribution in [1.29, 1.82) is 0 Å². The molecule has 0 radical (unpaired) electrons. The summed E-state index contributed by atoms with van der Waals surface area (Å²) in [6.07, 6.45) is 26.0. The first-order valence-electron chi connectivity index (χ1n) is 22.5. The molecule has 3 saturated carbocycles. The lowest BCUT2D eigenvalue weighted by atomic mass is 9.91. The van der Waals surface area contributed by atoms with Crippen molar-refractivity contribution in [2.24, 2.45) is 30.0 Å². The molecule has 0 N–H and O–H groups in total. The zero-order valence-electron chi connectivity index (χ0n) is 34.5. The largest absolute Gasteiger partial charge is 0.287 e. The monoisotopic (exact) mass is 786 g/mol. The van der Waals surface area contributed by atoms with Crippen LogP contribution in [-0.2, 0) is 0 Å². The van der Waals surface area contributed by atoms with Crippen LogP contribution in [0.2, 0.25) is 0 Å². The van der Waals surface area contributed by atoms with Crippen LogP contribution < -0.4 is 0 Å². The Balaban J connectivity index is 1.07. The molecule has 0 aromatic rings. The van der Waals surface area contributed by atoms with E-state index in [9.17, 15) is 0 Å². The van der Waals surface area contributed by atoms with Gasteiger partial charge < -0.3 is 0 Å². The smallest absolute Gasteiger partial charge is 0.0723 e. The van der Waals surface area contributed by atoms with Gasteiger partial charge in [-0.1, -0.05) is 130 Å². The van der Waals surface area contributed by atoms with E-state index in [1.165, 1.54) is 71.9 Å². The number of aliphatic imine (C=N–C) groups is 6. The fraction of sp³-hybridized carbons (Fsp3) is 0.333. The van der Waals surface area contributed by atoms with Crippen LogP contribution in [0.5, 0.6) is 0 Å². The zero-order valence-corrected chi connectivity index (χ0v) is 34.5. The lowest BCUT2D eigenvalue weighted by Gasteiger charge is -2.25. The van der Waals surface area contributed by atoms with Crippen molar-refractivity contribution >= 4 is 37.3 Å². The van der Waals surface area contributed by atoms with E-state index in [-0.39, 0.29) is 36.3 Å². The molecule has 10 rings (SSSR count). The van der Waals surface area contributed by atoms with E-state index >= 15 is 0 Å². The van der Waals surface area contributed by atoms with E-state index in [2.05, 4.69) is 146 Å². The van der Waals surface area contributed by atoms with Crippen molar-refractivity contribution in [3.05, 3.63) is 143 Å². The molecule has 1 aliphatic heterocycles. The highest BCUT2D eigenvalue weighted by Gasteiger charge is 2.27. The maximum Gasteiger partial charge on any atom is 0.0723 e. The predicted molar refractivity (Wildman–Crippen MR) is 253 cm³/mol. The first kappa shape index (κ1) is 38.3. The number of fused-ring (bicyclic) bond motifs is 18. The summed E-state index contributed by atoms with van der Waals surface area (Å²) in [6, 6.07) is 40.1. The van der Waals surface area contributed by atoms with E-state index < -0.39 is 0 Å². The van der Waals surface area contributed by atoms with Gasteiger partial charge in [0.15, 0.2) is 0 Å². The van der Waals surface area contributed by atoms with Gasteiger partial charge in [0.2, 0.25) is 0 Å². The SMILES string of the molecule is C1=N[C@@H]2CCCC[C@H]2N=Cc2cc(c3cccccc2-3)C=N[C@@H]2CCCC[C@H]2N=Cc2cc(c3cccccc2-3)C=N[C@@H]2CCCC[C@H]2N=Cc2cc1c1cccccc2-1. The van der Waals surface area contributed by atoms with Crippen molar-refractivity contribution in [1.82, 2.24) is 0 Å². The lowest BCUT2D eigenvalue weighted by molar-refractivity contribution is 0.390. The van der Waals surface area contributed by atoms with Gasteiger partial charge in [-0.15, -0.1) is 0 Å². The molecule has 0 saturated heterocycles. The Morgan fingerprint density at radius 1 is 0.250 bits per heavy atom. The van der Waals surface area contributed by atoms with Gasteiger partial charge >= 0.3 is 0 Å². The van der Waals surface area contributed by atoms with Gasteiger partial charge in [-0.2, -0.15) is 0 Å². The highest BCUT2D eigenvalue weighted by atomic mass is 14.9. The van der Waals surface area contributed by atoms with Crippen molar-refractivity contribution in [2.45, 2.75) is 113 Å². The molecule has 6 bridgehead atoms. The molecule has 6 nitrogen and oxygen atoms in total. The summed E-state index contributed by atoms with van der Waals surface area (Å²) in [5.74, 6) is 0. The third-order valence-electron chi connectivity index (χ3n) is 13.4. The van der Waals surface area contributed by atoms with Crippen LogP contribution in [0.1, 0.15) is 110 Å². The molecule has 0 amide bonds. The summed E-state index contributed by atoms with van der Waals surface area (Å²) in [7, 11) is 0. The molecule has 0 aromatic heterocycles. The Morgan fingerprint density at radius 2 is 0.433 bits per heavy atom. The Kier molecular flexibility index (Phi) is 11.4. The average molecular weight is 787 g/mol. The Labute approximate surface area is 355 Å². The predicted octanol–water partition coefficient (Wildman–Crippen LogP) is 11.9. The normalized spacial score (nSPS) is 24.8. The molecular weight excluding hydrogens is 733 g/mol. The summed E-state index contributed by atoms with van der Waals surface area (Å²) in [5.41, 5.74) is 14.0. The number of rotatable bonds is 0. The molecular formula is C54H54N6. The Bertz CT molecular complexity index is 2090. The highest BCUT2D eigenvalue weighted by Crippen LogP contribution is 2.35. The summed E-state index contributed by atoms with van der Waals surface area (Å²) >= 11 is 0. The van der Waals surface area contributed by atoms with Crippen LogP contribution in [-0.4, -0.2) is 73.5 Å². The van der Waals surface area contributed by atoms with E-state index in [0.29, 0.717) is 0 Å². The molecule has 3 fully saturated rings. The van der Waals surface area contributed by atoms with Crippen LogP contribution in [0.15, 0.2) is 139 Å². The van der Waals surface area contributed by atoms with Crippen LogP contribution in [0.25, 0.3) is 33.4 Å². The second kappa shape index (κ2) is 17.8. The van der Waals surface area contributed by atoms with E-state index in [1.807, 2.05) is 0 Å². The minimum atomic E-state index is 0.137. The van der Waals surface area contributed by atoms with E-state index in [1.54, 1.807) is 0 Å². The molecule has 0 spiro atoms. The molecule has 9 aliphatic carbocycles. The first-order valence-corrected chi connectivity index (χ1v) is 22.5. The number of nitrogens with zero attached hydrogens (tertiary/aromatic N) is 6. The number of hydrogen-bond donors (Lipinski definition) is 0. The average Bonchev–Trinajstić information content (AvgIpc) is 3.58. The summed E-state index contributed by atoms with van der Waals surface area (Å²) < 4.78 is 0. The molecule has 1 heterocycles. The van der Waals surface area contributed by atoms with Gasteiger partial charge in [0.1, 0.15) is 0 Å². The maximum atomic E-state index is 5.31. The quantitative estimate of drug-likeness (QED) is 0.147. The van der Waals surface area contributed by atoms with Gasteiger partial charge in [-0.25, -0.2) is 0 Å². The van der Waals surface area contributed by atoms with Crippen LogP contribution >= 0.6 is 0 Å². The molecule has 300 valence electrons.